The number of rotatable bonds is 4. The zero-order valence-corrected chi connectivity index (χ0v) is 19.1. The molecule has 1 aliphatic rings. The third-order valence-electron chi connectivity index (χ3n) is 4.90. The normalized spacial score (nSPS) is 14.4. The molecular weight excluding hydrogens is 495 g/mol. The highest BCUT2D eigenvalue weighted by atomic mass is 127. The summed E-state index contributed by atoms with van der Waals surface area (Å²) in [6.07, 6.45) is 3.47. The lowest BCUT2D eigenvalue weighted by molar-refractivity contribution is 0.0657. The van der Waals surface area contributed by atoms with Crippen LogP contribution in [0.1, 0.15) is 16.2 Å². The number of guanidine groups is 1. The summed E-state index contributed by atoms with van der Waals surface area (Å²) in [6, 6.07) is 15.4. The van der Waals surface area contributed by atoms with Crippen LogP contribution in [0.25, 0.3) is 5.69 Å². The lowest BCUT2D eigenvalue weighted by Crippen LogP contribution is -2.53. The van der Waals surface area contributed by atoms with Crippen molar-refractivity contribution in [1.82, 2.24) is 24.9 Å². The van der Waals surface area contributed by atoms with Crippen molar-refractivity contribution in [3.63, 3.8) is 0 Å². The fourth-order valence-corrected chi connectivity index (χ4v) is 3.36. The van der Waals surface area contributed by atoms with Gasteiger partial charge < -0.3 is 19.5 Å². The van der Waals surface area contributed by atoms with Crippen molar-refractivity contribution in [2.45, 2.75) is 6.54 Å². The van der Waals surface area contributed by atoms with E-state index in [-0.39, 0.29) is 29.9 Å². The smallest absolute Gasteiger partial charge is 0.289 e. The molecule has 1 fully saturated rings. The van der Waals surface area contributed by atoms with Crippen molar-refractivity contribution >= 4 is 35.8 Å². The lowest BCUT2D eigenvalue weighted by Gasteiger charge is -2.36. The second kappa shape index (κ2) is 10.3. The molecule has 0 atom stereocenters. The van der Waals surface area contributed by atoms with Gasteiger partial charge in [-0.2, -0.15) is 5.10 Å². The predicted molar refractivity (Wildman–Crippen MR) is 125 cm³/mol. The minimum atomic E-state index is -0.0657. The highest BCUT2D eigenvalue weighted by Crippen LogP contribution is 2.10. The minimum Gasteiger partial charge on any atom is -0.459 e. The fourth-order valence-electron chi connectivity index (χ4n) is 3.36. The van der Waals surface area contributed by atoms with E-state index in [0.29, 0.717) is 38.5 Å². The first-order valence-corrected chi connectivity index (χ1v) is 9.63. The van der Waals surface area contributed by atoms with Crippen LogP contribution in [0, 0.1) is 0 Å². The van der Waals surface area contributed by atoms with Crippen molar-refractivity contribution < 1.29 is 9.21 Å². The van der Waals surface area contributed by atoms with E-state index in [1.54, 1.807) is 19.2 Å². The third-order valence-corrected chi connectivity index (χ3v) is 4.90. The van der Waals surface area contributed by atoms with E-state index >= 15 is 0 Å². The first-order chi connectivity index (χ1) is 14.2. The average Bonchev–Trinajstić information content (AvgIpc) is 3.47. The number of hydrogen-bond donors (Lipinski definition) is 1. The number of nitrogens with one attached hydrogen (secondary N) is 1. The first-order valence-electron chi connectivity index (χ1n) is 9.63. The quantitative estimate of drug-likeness (QED) is 0.325. The van der Waals surface area contributed by atoms with Crippen LogP contribution in [0.4, 0.5) is 0 Å². The van der Waals surface area contributed by atoms with Gasteiger partial charge in [0.05, 0.1) is 24.2 Å². The van der Waals surface area contributed by atoms with Gasteiger partial charge in [-0.1, -0.05) is 18.2 Å². The van der Waals surface area contributed by atoms with Crippen molar-refractivity contribution in [2.75, 3.05) is 33.2 Å². The van der Waals surface area contributed by atoms with E-state index in [2.05, 4.69) is 20.3 Å². The maximum absolute atomic E-state index is 12.4. The molecule has 3 heterocycles. The SMILES string of the molecule is CN=C(NCc1ccn(-c2ccccc2)n1)N1CCN(C(=O)c2ccco2)CC1.I. The van der Waals surface area contributed by atoms with Crippen LogP contribution in [-0.2, 0) is 6.54 Å². The number of para-hydroxylation sites is 1. The molecule has 8 nitrogen and oxygen atoms in total. The molecule has 1 aliphatic heterocycles. The number of benzene rings is 1. The Bertz CT molecular complexity index is 963. The second-order valence-corrected chi connectivity index (χ2v) is 6.74. The van der Waals surface area contributed by atoms with Gasteiger partial charge in [0.25, 0.3) is 5.91 Å². The molecule has 0 bridgehead atoms. The molecule has 1 aromatic carbocycles. The van der Waals surface area contributed by atoms with Gasteiger partial charge in [-0.3, -0.25) is 9.79 Å². The Hall–Kier alpha value is -2.82. The van der Waals surface area contributed by atoms with E-state index < -0.39 is 0 Å². The van der Waals surface area contributed by atoms with Gasteiger partial charge in [-0.25, -0.2) is 4.68 Å². The van der Waals surface area contributed by atoms with E-state index in [0.717, 1.165) is 17.3 Å². The van der Waals surface area contributed by atoms with E-state index in [1.807, 2.05) is 52.2 Å². The van der Waals surface area contributed by atoms with Crippen LogP contribution in [0.3, 0.4) is 0 Å². The van der Waals surface area contributed by atoms with Gasteiger partial charge >= 0.3 is 0 Å². The Morgan fingerprint density at radius 1 is 1.07 bits per heavy atom. The molecule has 9 heteroatoms. The number of halogens is 1. The molecule has 2 aromatic heterocycles. The maximum Gasteiger partial charge on any atom is 0.289 e. The number of nitrogens with zero attached hydrogens (tertiary/aromatic N) is 5. The molecule has 3 aromatic rings. The summed E-state index contributed by atoms with van der Waals surface area (Å²) in [7, 11) is 1.77. The number of carbonyl (C=O) groups excluding carboxylic acids is 1. The molecule has 0 saturated carbocycles. The van der Waals surface area contributed by atoms with Crippen molar-refractivity contribution in [1.29, 1.82) is 0 Å². The summed E-state index contributed by atoms with van der Waals surface area (Å²) in [4.78, 5) is 20.7. The number of hydrogen-bond acceptors (Lipinski definition) is 4. The van der Waals surface area contributed by atoms with Gasteiger partial charge in [0.15, 0.2) is 11.7 Å². The number of piperazine rings is 1. The summed E-state index contributed by atoms with van der Waals surface area (Å²) in [5.41, 5.74) is 1.96. The summed E-state index contributed by atoms with van der Waals surface area (Å²) >= 11 is 0. The largest absolute Gasteiger partial charge is 0.459 e. The number of amides is 1. The maximum atomic E-state index is 12.4. The lowest BCUT2D eigenvalue weighted by atomic mass is 10.3. The van der Waals surface area contributed by atoms with Gasteiger partial charge in [0.2, 0.25) is 0 Å². The molecule has 30 heavy (non-hydrogen) atoms. The molecule has 0 radical (unpaired) electrons. The van der Waals surface area contributed by atoms with E-state index in [9.17, 15) is 4.79 Å². The van der Waals surface area contributed by atoms with Crippen LogP contribution in [-0.4, -0.2) is 64.7 Å². The standard InChI is InChI=1S/C21H24N6O2.HI/c1-22-21(23-16-17-9-10-27(24-17)18-6-3-2-4-7-18)26-13-11-25(12-14-26)20(28)19-8-5-15-29-19;/h2-10,15H,11-14,16H2,1H3,(H,22,23);1H. The van der Waals surface area contributed by atoms with Crippen LogP contribution in [0.5, 0.6) is 0 Å². The molecule has 1 saturated heterocycles. The number of aromatic nitrogens is 2. The first kappa shape index (κ1) is 21.9. The zero-order chi connectivity index (χ0) is 20.1. The molecular formula is C21H25IN6O2. The summed E-state index contributed by atoms with van der Waals surface area (Å²) in [5.74, 6) is 1.13. The Labute approximate surface area is 192 Å². The van der Waals surface area contributed by atoms with Crippen LogP contribution < -0.4 is 5.32 Å². The highest BCUT2D eigenvalue weighted by molar-refractivity contribution is 14.0. The third kappa shape index (κ3) is 5.02. The molecule has 1 amide bonds. The molecule has 0 aliphatic carbocycles. The molecule has 4 rings (SSSR count). The van der Waals surface area contributed by atoms with Gasteiger partial charge in [0, 0.05) is 39.4 Å². The number of carbonyl (C=O) groups is 1. The molecule has 158 valence electrons. The fraction of sp³-hybridized carbons (Fsp3) is 0.286. The van der Waals surface area contributed by atoms with Crippen LogP contribution in [0.2, 0.25) is 0 Å². The zero-order valence-electron chi connectivity index (χ0n) is 16.8. The van der Waals surface area contributed by atoms with Gasteiger partial charge in [-0.05, 0) is 30.3 Å². The van der Waals surface area contributed by atoms with Gasteiger partial charge in [0.1, 0.15) is 0 Å². The van der Waals surface area contributed by atoms with Crippen molar-refractivity contribution in [3.05, 3.63) is 72.4 Å². The van der Waals surface area contributed by atoms with E-state index in [4.69, 9.17) is 4.42 Å². The summed E-state index contributed by atoms with van der Waals surface area (Å²) < 4.78 is 7.08. The Kier molecular flexibility index (Phi) is 7.50. The van der Waals surface area contributed by atoms with Gasteiger partial charge in [-0.15, -0.1) is 24.0 Å². The summed E-state index contributed by atoms with van der Waals surface area (Å²) in [6.45, 7) is 3.26. The molecule has 0 spiro atoms. The second-order valence-electron chi connectivity index (χ2n) is 6.74. The van der Waals surface area contributed by atoms with E-state index in [1.165, 1.54) is 6.26 Å². The monoisotopic (exact) mass is 520 g/mol. The van der Waals surface area contributed by atoms with Crippen molar-refractivity contribution in [3.8, 4) is 5.69 Å². The number of furan rings is 1. The molecule has 1 N–H and O–H groups in total. The van der Waals surface area contributed by atoms with Crippen molar-refractivity contribution in [2.24, 2.45) is 4.99 Å². The Balaban J connectivity index is 0.00000256. The minimum absolute atomic E-state index is 0. The predicted octanol–water partition coefficient (Wildman–Crippen LogP) is 2.62. The topological polar surface area (TPSA) is 78.9 Å². The molecule has 0 unspecified atom stereocenters. The highest BCUT2D eigenvalue weighted by Gasteiger charge is 2.25. The number of aliphatic imine (C=N–C) groups is 1. The van der Waals surface area contributed by atoms with Crippen LogP contribution >= 0.6 is 24.0 Å². The van der Waals surface area contributed by atoms with Crippen LogP contribution in [0.15, 0.2) is 70.4 Å². The average molecular weight is 520 g/mol. The summed E-state index contributed by atoms with van der Waals surface area (Å²) in [5, 5.41) is 7.98. The Morgan fingerprint density at radius 2 is 1.80 bits per heavy atom. The Morgan fingerprint density at radius 3 is 2.47 bits per heavy atom.